The first kappa shape index (κ1) is 13.5. The summed E-state index contributed by atoms with van der Waals surface area (Å²) in [7, 11) is 6.11. The van der Waals surface area contributed by atoms with Crippen LogP contribution in [0.3, 0.4) is 0 Å². The Labute approximate surface area is 117 Å². The normalized spacial score (nSPS) is 20.1. The molecule has 0 saturated carbocycles. The van der Waals surface area contributed by atoms with Gasteiger partial charge in [-0.3, -0.25) is 0 Å². The van der Waals surface area contributed by atoms with Crippen molar-refractivity contribution >= 4 is 27.7 Å². The second-order valence-corrected chi connectivity index (χ2v) is 5.63. The number of rotatable bonds is 4. The summed E-state index contributed by atoms with van der Waals surface area (Å²) in [6, 6.07) is 0.620. The fraction of sp³-hybridized carbons (Fsp3) is 0.667. The smallest absolute Gasteiger partial charge is 0.224 e. The summed E-state index contributed by atoms with van der Waals surface area (Å²) in [5.41, 5.74) is 0. The van der Waals surface area contributed by atoms with Crippen molar-refractivity contribution in [3.8, 4) is 0 Å². The van der Waals surface area contributed by atoms with Gasteiger partial charge >= 0.3 is 0 Å². The van der Waals surface area contributed by atoms with E-state index in [1.807, 2.05) is 7.05 Å². The molecule has 1 aromatic rings. The molecule has 1 aliphatic heterocycles. The van der Waals surface area contributed by atoms with E-state index >= 15 is 0 Å². The standard InChI is InChI=1S/C12H20BrN5/c1-14-12-15-7-10(13)11(16-12)18(3)8-9-5-4-6-17(9)2/h7,9H,4-6,8H2,1-3H3,(H,14,15,16). The van der Waals surface area contributed by atoms with Crippen molar-refractivity contribution in [2.45, 2.75) is 18.9 Å². The van der Waals surface area contributed by atoms with E-state index in [1.54, 1.807) is 6.20 Å². The molecule has 1 atom stereocenters. The number of aromatic nitrogens is 2. The Morgan fingerprint density at radius 2 is 2.39 bits per heavy atom. The van der Waals surface area contributed by atoms with Crippen molar-refractivity contribution in [1.82, 2.24) is 14.9 Å². The Morgan fingerprint density at radius 1 is 1.61 bits per heavy atom. The summed E-state index contributed by atoms with van der Waals surface area (Å²) < 4.78 is 0.935. The first-order valence-electron chi connectivity index (χ1n) is 6.23. The van der Waals surface area contributed by atoms with Gasteiger partial charge in [0.15, 0.2) is 0 Å². The molecule has 1 saturated heterocycles. The van der Waals surface area contributed by atoms with Gasteiger partial charge in [0.2, 0.25) is 5.95 Å². The van der Waals surface area contributed by atoms with Crippen LogP contribution in [-0.2, 0) is 0 Å². The van der Waals surface area contributed by atoms with Gasteiger partial charge in [-0.15, -0.1) is 0 Å². The number of likely N-dealkylation sites (N-methyl/N-ethyl adjacent to an activating group) is 2. The van der Waals surface area contributed by atoms with E-state index in [-0.39, 0.29) is 0 Å². The van der Waals surface area contributed by atoms with Crippen LogP contribution >= 0.6 is 15.9 Å². The predicted molar refractivity (Wildman–Crippen MR) is 78.2 cm³/mol. The SMILES string of the molecule is CNc1ncc(Br)c(N(C)CC2CCCN2C)n1. The largest absolute Gasteiger partial charge is 0.357 e. The molecule has 0 bridgehead atoms. The minimum absolute atomic E-state index is 0.620. The lowest BCUT2D eigenvalue weighted by atomic mass is 10.2. The molecule has 18 heavy (non-hydrogen) atoms. The topological polar surface area (TPSA) is 44.3 Å². The monoisotopic (exact) mass is 313 g/mol. The third kappa shape index (κ3) is 2.92. The van der Waals surface area contributed by atoms with Crippen LogP contribution in [0.25, 0.3) is 0 Å². The van der Waals surface area contributed by atoms with Gasteiger partial charge in [0.1, 0.15) is 5.82 Å². The molecule has 5 nitrogen and oxygen atoms in total. The number of nitrogens with zero attached hydrogens (tertiary/aromatic N) is 4. The molecule has 2 heterocycles. The molecule has 0 radical (unpaired) electrons. The minimum atomic E-state index is 0.620. The fourth-order valence-corrected chi connectivity index (χ4v) is 2.85. The molecule has 6 heteroatoms. The first-order chi connectivity index (χ1) is 8.61. The van der Waals surface area contributed by atoms with Gasteiger partial charge in [0, 0.05) is 32.9 Å². The van der Waals surface area contributed by atoms with Gasteiger partial charge in [0.25, 0.3) is 0 Å². The van der Waals surface area contributed by atoms with Gasteiger partial charge < -0.3 is 15.1 Å². The lowest BCUT2D eigenvalue weighted by Crippen LogP contribution is -2.37. The highest BCUT2D eigenvalue weighted by molar-refractivity contribution is 9.10. The number of hydrogen-bond donors (Lipinski definition) is 1. The maximum atomic E-state index is 4.50. The number of nitrogens with one attached hydrogen (secondary N) is 1. The lowest BCUT2D eigenvalue weighted by molar-refractivity contribution is 0.314. The van der Waals surface area contributed by atoms with Gasteiger partial charge in [-0.05, 0) is 42.4 Å². The molecule has 0 spiro atoms. The van der Waals surface area contributed by atoms with E-state index in [9.17, 15) is 0 Å². The van der Waals surface area contributed by atoms with Crippen molar-refractivity contribution < 1.29 is 0 Å². The highest BCUT2D eigenvalue weighted by Gasteiger charge is 2.23. The number of hydrogen-bond acceptors (Lipinski definition) is 5. The quantitative estimate of drug-likeness (QED) is 0.918. The maximum Gasteiger partial charge on any atom is 0.224 e. The Kier molecular flexibility index (Phi) is 4.40. The van der Waals surface area contributed by atoms with E-state index in [0.717, 1.165) is 16.8 Å². The van der Waals surface area contributed by atoms with Crippen molar-refractivity contribution in [1.29, 1.82) is 0 Å². The molecular formula is C12H20BrN5. The van der Waals surface area contributed by atoms with Crippen LogP contribution in [0.15, 0.2) is 10.7 Å². The molecule has 1 aliphatic rings. The van der Waals surface area contributed by atoms with Crippen LogP contribution in [0.4, 0.5) is 11.8 Å². The van der Waals surface area contributed by atoms with Crippen LogP contribution < -0.4 is 10.2 Å². The van der Waals surface area contributed by atoms with Crippen molar-refractivity contribution in [3.05, 3.63) is 10.7 Å². The molecular weight excluding hydrogens is 294 g/mol. The van der Waals surface area contributed by atoms with Gasteiger partial charge in [0.05, 0.1) is 4.47 Å². The van der Waals surface area contributed by atoms with E-state index in [0.29, 0.717) is 12.0 Å². The maximum absolute atomic E-state index is 4.50. The summed E-state index contributed by atoms with van der Waals surface area (Å²) in [6.45, 7) is 2.19. The zero-order chi connectivity index (χ0) is 13.1. The Hall–Kier alpha value is -0.880. The Balaban J connectivity index is 2.10. The molecule has 0 amide bonds. The van der Waals surface area contributed by atoms with Crippen LogP contribution in [0, 0.1) is 0 Å². The summed E-state index contributed by atoms with van der Waals surface area (Å²) in [4.78, 5) is 13.3. The summed E-state index contributed by atoms with van der Waals surface area (Å²) >= 11 is 3.52. The second-order valence-electron chi connectivity index (χ2n) is 4.77. The summed E-state index contributed by atoms with van der Waals surface area (Å²) in [5.74, 6) is 1.59. The third-order valence-electron chi connectivity index (χ3n) is 3.47. The molecule has 0 aliphatic carbocycles. The number of likely N-dealkylation sites (tertiary alicyclic amines) is 1. The van der Waals surface area contributed by atoms with Gasteiger partial charge in [-0.1, -0.05) is 0 Å². The van der Waals surface area contributed by atoms with Crippen LogP contribution in [0.5, 0.6) is 0 Å². The van der Waals surface area contributed by atoms with E-state index < -0.39 is 0 Å². The Bertz CT molecular complexity index is 411. The summed E-state index contributed by atoms with van der Waals surface area (Å²) in [6.07, 6.45) is 4.35. The predicted octanol–water partition coefficient (Wildman–Crippen LogP) is 1.81. The van der Waals surface area contributed by atoms with Crippen LogP contribution in [0.1, 0.15) is 12.8 Å². The molecule has 1 N–H and O–H groups in total. The number of anilines is 2. The zero-order valence-electron chi connectivity index (χ0n) is 11.1. The highest BCUT2D eigenvalue weighted by atomic mass is 79.9. The molecule has 1 unspecified atom stereocenters. The van der Waals surface area contributed by atoms with Gasteiger partial charge in [-0.2, -0.15) is 4.98 Å². The van der Waals surface area contributed by atoms with Crippen molar-refractivity contribution in [3.63, 3.8) is 0 Å². The van der Waals surface area contributed by atoms with E-state index in [1.165, 1.54) is 19.4 Å². The molecule has 0 aromatic carbocycles. The highest BCUT2D eigenvalue weighted by Crippen LogP contribution is 2.25. The number of halogens is 1. The molecule has 100 valence electrons. The average molecular weight is 314 g/mol. The molecule has 1 aromatic heterocycles. The lowest BCUT2D eigenvalue weighted by Gasteiger charge is -2.27. The first-order valence-corrected chi connectivity index (χ1v) is 7.02. The Morgan fingerprint density at radius 3 is 3.00 bits per heavy atom. The second kappa shape index (κ2) is 5.84. The average Bonchev–Trinajstić information content (AvgIpc) is 2.75. The fourth-order valence-electron chi connectivity index (χ4n) is 2.36. The third-order valence-corrected chi connectivity index (χ3v) is 4.03. The van der Waals surface area contributed by atoms with E-state index in [2.05, 4.69) is 55.1 Å². The minimum Gasteiger partial charge on any atom is -0.357 e. The summed E-state index contributed by atoms with van der Waals surface area (Å²) in [5, 5.41) is 2.97. The van der Waals surface area contributed by atoms with Crippen molar-refractivity contribution in [2.75, 3.05) is 44.4 Å². The van der Waals surface area contributed by atoms with Crippen LogP contribution in [0.2, 0.25) is 0 Å². The van der Waals surface area contributed by atoms with Crippen LogP contribution in [-0.4, -0.2) is 55.1 Å². The molecule has 1 fully saturated rings. The van der Waals surface area contributed by atoms with Crippen molar-refractivity contribution in [2.24, 2.45) is 0 Å². The van der Waals surface area contributed by atoms with E-state index in [4.69, 9.17) is 0 Å². The molecule has 2 rings (SSSR count). The van der Waals surface area contributed by atoms with Gasteiger partial charge in [-0.25, -0.2) is 4.98 Å². The zero-order valence-corrected chi connectivity index (χ0v) is 12.7.